The van der Waals surface area contributed by atoms with Crippen LogP contribution in [-0.2, 0) is 19.2 Å². The van der Waals surface area contributed by atoms with E-state index in [-0.39, 0.29) is 36.2 Å². The number of nitrogens with zero attached hydrogens (tertiary/aromatic N) is 2. The summed E-state index contributed by atoms with van der Waals surface area (Å²) in [6, 6.07) is 36.1. The zero-order valence-electron chi connectivity index (χ0n) is 37.6. The molecule has 4 aromatic rings. The van der Waals surface area contributed by atoms with E-state index in [0.717, 1.165) is 111 Å². The minimum atomic E-state index is -0.501. The van der Waals surface area contributed by atoms with E-state index in [1.54, 1.807) is 18.3 Å². The average Bonchev–Trinajstić information content (AvgIpc) is 4.32. The summed E-state index contributed by atoms with van der Waals surface area (Å²) in [5, 5.41) is 12.3. The van der Waals surface area contributed by atoms with E-state index in [1.165, 1.54) is 0 Å². The molecule has 1 aliphatic heterocycles. The molecule has 3 fully saturated rings. The first-order valence-electron chi connectivity index (χ1n) is 22.6. The molecule has 342 valence electrons. The van der Waals surface area contributed by atoms with Crippen LogP contribution in [0, 0.1) is 23.7 Å². The number of aldehydes is 2. The summed E-state index contributed by atoms with van der Waals surface area (Å²) >= 11 is 0. The summed E-state index contributed by atoms with van der Waals surface area (Å²) in [4.78, 5) is 62.1. The van der Waals surface area contributed by atoms with Crippen molar-refractivity contribution in [1.29, 1.82) is 0 Å². The number of hydrogen-bond donors (Lipinski definition) is 5. The molecule has 12 heteroatoms. The Hall–Kier alpha value is -6.68. The predicted octanol–water partition coefficient (Wildman–Crippen LogP) is 6.48. The maximum atomic E-state index is 12.3. The SMILES string of the molecule is C=N/C=C(\NCC1CCCN1C(=O)CN)c1ccc(C#Cc2ccc(C(=O)NCCCCCNC)cc2)cc1.O=CC(NC(=O)C1CC1)c1ccccc1.O=CC1CC1.c1ccccc1. The van der Waals surface area contributed by atoms with Gasteiger partial charge in [-0.3, -0.25) is 19.4 Å². The molecule has 3 amide bonds. The first-order valence-corrected chi connectivity index (χ1v) is 22.6. The standard InChI is InChI=1S/C31H40N6O2.C12H13NO2.C6H6.C4H6O/c1-33-18-4-3-5-19-35-31(39)27-16-12-25(13-17-27)9-8-24-10-14-26(15-11-24)29(23-34-2)36-22-28-7-6-20-37(28)30(38)21-32;14-8-11(9-4-2-1-3-5-9)13-12(15)10-6-7-10;1-2-4-6-5-3-1;5-3-4-1-2-4/h10-17,23,28,33,36H,2-7,18-22,32H2,1H3,(H,35,39);1-5,8,10-11H,6-7H2,(H,13,15);1-6H;3-4H,1-2H2/b29-23-;;;. The molecule has 4 aromatic carbocycles. The highest BCUT2D eigenvalue weighted by Gasteiger charge is 2.31. The zero-order valence-corrected chi connectivity index (χ0v) is 37.6. The highest BCUT2D eigenvalue weighted by molar-refractivity contribution is 5.94. The second-order valence-electron chi connectivity index (χ2n) is 16.0. The third kappa shape index (κ3) is 19.7. The molecule has 0 spiro atoms. The summed E-state index contributed by atoms with van der Waals surface area (Å²) in [6.45, 7) is 6.69. The monoisotopic (exact) mass is 880 g/mol. The summed E-state index contributed by atoms with van der Waals surface area (Å²) in [7, 11) is 1.95. The van der Waals surface area contributed by atoms with Crippen LogP contribution in [0.15, 0.2) is 126 Å². The lowest BCUT2D eigenvalue weighted by atomic mass is 10.1. The van der Waals surface area contributed by atoms with Gasteiger partial charge in [-0.2, -0.15) is 0 Å². The highest BCUT2D eigenvalue weighted by atomic mass is 16.2. The van der Waals surface area contributed by atoms with E-state index in [9.17, 15) is 24.0 Å². The van der Waals surface area contributed by atoms with Crippen molar-refractivity contribution >= 4 is 42.7 Å². The summed E-state index contributed by atoms with van der Waals surface area (Å²) < 4.78 is 0. The van der Waals surface area contributed by atoms with Crippen LogP contribution < -0.4 is 27.0 Å². The lowest BCUT2D eigenvalue weighted by molar-refractivity contribution is -0.130. The largest absolute Gasteiger partial charge is 0.381 e. The Morgan fingerprint density at radius 1 is 0.769 bits per heavy atom. The molecule has 0 bridgehead atoms. The number of unbranched alkanes of at least 4 members (excludes halogenated alkanes) is 2. The van der Waals surface area contributed by atoms with Crippen LogP contribution >= 0.6 is 0 Å². The van der Waals surface area contributed by atoms with Crippen molar-refractivity contribution < 1.29 is 24.0 Å². The van der Waals surface area contributed by atoms with Gasteiger partial charge in [0.2, 0.25) is 11.8 Å². The lowest BCUT2D eigenvalue weighted by Crippen LogP contribution is -2.43. The molecule has 1 saturated heterocycles. The van der Waals surface area contributed by atoms with E-state index in [0.29, 0.717) is 24.6 Å². The Bertz CT molecular complexity index is 2120. The smallest absolute Gasteiger partial charge is 0.251 e. The number of carbonyl (C=O) groups excluding carboxylic acids is 5. The van der Waals surface area contributed by atoms with Crippen LogP contribution in [0.5, 0.6) is 0 Å². The normalized spacial score (nSPS) is 15.3. The number of benzene rings is 4. The number of nitrogens with two attached hydrogens (primary N) is 1. The fourth-order valence-electron chi connectivity index (χ4n) is 6.61. The van der Waals surface area contributed by atoms with E-state index >= 15 is 0 Å². The van der Waals surface area contributed by atoms with Crippen LogP contribution in [0.2, 0.25) is 0 Å². The van der Waals surface area contributed by atoms with Gasteiger partial charge >= 0.3 is 0 Å². The minimum absolute atomic E-state index is 0.00375. The van der Waals surface area contributed by atoms with Crippen molar-refractivity contribution in [3.8, 4) is 11.8 Å². The molecule has 0 radical (unpaired) electrons. The number of amides is 3. The Morgan fingerprint density at radius 2 is 1.35 bits per heavy atom. The van der Waals surface area contributed by atoms with Gasteiger partial charge in [-0.1, -0.05) is 97.1 Å². The Morgan fingerprint density at radius 3 is 1.86 bits per heavy atom. The van der Waals surface area contributed by atoms with Crippen LogP contribution in [0.4, 0.5) is 0 Å². The van der Waals surface area contributed by atoms with Gasteiger partial charge in [0.15, 0.2) is 0 Å². The van der Waals surface area contributed by atoms with Crippen LogP contribution in [0.3, 0.4) is 0 Å². The molecule has 3 aliphatic rings. The summed E-state index contributed by atoms with van der Waals surface area (Å²) in [5.74, 6) is 6.85. The van der Waals surface area contributed by atoms with Crippen LogP contribution in [-0.4, -0.2) is 87.7 Å². The first-order chi connectivity index (χ1) is 31.8. The molecule has 12 nitrogen and oxygen atoms in total. The second-order valence-corrected chi connectivity index (χ2v) is 16.0. The molecule has 0 aromatic heterocycles. The van der Waals surface area contributed by atoms with E-state index in [1.807, 2.05) is 115 Å². The molecule has 2 saturated carbocycles. The summed E-state index contributed by atoms with van der Waals surface area (Å²) in [5.41, 5.74) is 10.5. The molecule has 1 heterocycles. The van der Waals surface area contributed by atoms with Crippen molar-refractivity contribution in [3.63, 3.8) is 0 Å². The number of nitrogens with one attached hydrogen (secondary N) is 4. The number of hydrogen-bond acceptors (Lipinski definition) is 9. The average molecular weight is 880 g/mol. The van der Waals surface area contributed by atoms with Gasteiger partial charge in [-0.25, -0.2) is 0 Å². The predicted molar refractivity (Wildman–Crippen MR) is 260 cm³/mol. The zero-order chi connectivity index (χ0) is 46.5. The van der Waals surface area contributed by atoms with Crippen molar-refractivity contribution in [2.24, 2.45) is 22.6 Å². The molecular weight excluding hydrogens is 815 g/mol. The topological polar surface area (TPSA) is 175 Å². The molecule has 2 atom stereocenters. The fraction of sp³-hybridized carbons (Fsp3) is 0.358. The van der Waals surface area contributed by atoms with Crippen LogP contribution in [0.25, 0.3) is 5.70 Å². The van der Waals surface area contributed by atoms with Crippen molar-refractivity contribution in [1.82, 2.24) is 26.2 Å². The number of rotatable bonds is 18. The molecule has 2 aliphatic carbocycles. The highest BCUT2D eigenvalue weighted by Crippen LogP contribution is 2.29. The van der Waals surface area contributed by atoms with Crippen LogP contribution in [0.1, 0.15) is 96.4 Å². The van der Waals surface area contributed by atoms with Crippen molar-refractivity contribution in [2.75, 3.05) is 39.8 Å². The molecule has 2 unspecified atom stereocenters. The first kappa shape index (κ1) is 51.0. The number of likely N-dealkylation sites (tertiary alicyclic amines) is 1. The maximum Gasteiger partial charge on any atom is 0.251 e. The lowest BCUT2D eigenvalue weighted by Gasteiger charge is -2.25. The number of aliphatic imine (C=N–C) groups is 1. The van der Waals surface area contributed by atoms with Gasteiger partial charge < -0.3 is 41.5 Å². The summed E-state index contributed by atoms with van der Waals surface area (Å²) in [6.07, 6.45) is 12.8. The quantitative estimate of drug-likeness (QED) is 0.0327. The van der Waals surface area contributed by atoms with Gasteiger partial charge in [-0.15, -0.1) is 0 Å². The van der Waals surface area contributed by atoms with Crippen molar-refractivity contribution in [2.45, 2.75) is 69.9 Å². The fourth-order valence-corrected chi connectivity index (χ4v) is 6.61. The van der Waals surface area contributed by atoms with Gasteiger partial charge in [0, 0.05) is 60.4 Å². The number of carbonyl (C=O) groups is 5. The van der Waals surface area contributed by atoms with Gasteiger partial charge in [0.1, 0.15) is 18.6 Å². The molecule has 6 N–H and O–H groups in total. The van der Waals surface area contributed by atoms with Gasteiger partial charge in [0.05, 0.1) is 12.2 Å². The minimum Gasteiger partial charge on any atom is -0.381 e. The Kier molecular flexibility index (Phi) is 23.2. The van der Waals surface area contributed by atoms with E-state index in [4.69, 9.17) is 5.73 Å². The van der Waals surface area contributed by atoms with Gasteiger partial charge in [-0.05, 0) is 119 Å². The van der Waals surface area contributed by atoms with E-state index in [2.05, 4.69) is 44.8 Å². The molecule has 65 heavy (non-hydrogen) atoms. The molecule has 7 rings (SSSR count). The Balaban J connectivity index is 0.000000283. The third-order valence-corrected chi connectivity index (χ3v) is 10.7. The Labute approximate surface area is 384 Å². The van der Waals surface area contributed by atoms with Gasteiger partial charge in [0.25, 0.3) is 5.91 Å². The maximum absolute atomic E-state index is 12.3. The van der Waals surface area contributed by atoms with Crippen molar-refractivity contribution in [3.05, 3.63) is 149 Å². The third-order valence-electron chi connectivity index (χ3n) is 10.7. The molecular formula is C53H65N7O5. The van der Waals surface area contributed by atoms with E-state index < -0.39 is 6.04 Å². The second kappa shape index (κ2) is 29.6.